The SMILES string of the molecule is CN1CCn2nc(Nc3ncc(F)c(-c4cc(F)c5c(O)cc6nccn6c5c4)n3)cc2C1. The molecule has 5 heterocycles. The molecule has 0 fully saturated rings. The predicted octanol–water partition coefficient (Wildman–Crippen LogP) is 3.31. The summed E-state index contributed by atoms with van der Waals surface area (Å²) < 4.78 is 33.2. The number of nitrogens with one attached hydrogen (secondary N) is 1. The summed E-state index contributed by atoms with van der Waals surface area (Å²) in [6.45, 7) is 2.45. The molecule has 0 saturated carbocycles. The first-order chi connectivity index (χ1) is 16.0. The van der Waals surface area contributed by atoms with Crippen molar-refractivity contribution in [3.05, 3.63) is 60.2 Å². The van der Waals surface area contributed by atoms with E-state index >= 15 is 0 Å². The van der Waals surface area contributed by atoms with Crippen molar-refractivity contribution in [3.63, 3.8) is 0 Å². The number of aromatic hydroxyl groups is 1. The molecule has 2 N–H and O–H groups in total. The molecule has 4 aromatic heterocycles. The highest BCUT2D eigenvalue weighted by Gasteiger charge is 2.19. The highest BCUT2D eigenvalue weighted by molar-refractivity contribution is 5.91. The summed E-state index contributed by atoms with van der Waals surface area (Å²) in [5.41, 5.74) is 1.96. The second kappa shape index (κ2) is 7.20. The molecule has 1 aliphatic heterocycles. The monoisotopic (exact) mass is 448 g/mol. The summed E-state index contributed by atoms with van der Waals surface area (Å²) in [7, 11) is 2.04. The van der Waals surface area contributed by atoms with Crippen molar-refractivity contribution in [2.75, 3.05) is 18.9 Å². The van der Waals surface area contributed by atoms with Crippen molar-refractivity contribution >= 4 is 28.3 Å². The third-order valence-corrected chi connectivity index (χ3v) is 5.77. The summed E-state index contributed by atoms with van der Waals surface area (Å²) in [5.74, 6) is -0.958. The molecule has 0 bridgehead atoms. The molecule has 0 aliphatic carbocycles. The van der Waals surface area contributed by atoms with Crippen molar-refractivity contribution < 1.29 is 13.9 Å². The van der Waals surface area contributed by atoms with Gasteiger partial charge >= 0.3 is 0 Å². The molecule has 166 valence electrons. The van der Waals surface area contributed by atoms with Crippen LogP contribution in [-0.2, 0) is 13.1 Å². The number of pyridine rings is 1. The highest BCUT2D eigenvalue weighted by Crippen LogP contribution is 2.33. The molecule has 0 spiro atoms. The van der Waals surface area contributed by atoms with Crippen LogP contribution in [0.5, 0.6) is 5.75 Å². The Labute approximate surface area is 186 Å². The molecule has 0 unspecified atom stereocenters. The Morgan fingerprint density at radius 2 is 1.94 bits per heavy atom. The van der Waals surface area contributed by atoms with E-state index in [4.69, 9.17) is 0 Å². The van der Waals surface area contributed by atoms with E-state index in [9.17, 15) is 13.9 Å². The number of fused-ring (bicyclic) bond motifs is 4. The summed E-state index contributed by atoms with van der Waals surface area (Å²) in [5, 5.41) is 17.8. The second-order valence-electron chi connectivity index (χ2n) is 8.03. The first-order valence-corrected chi connectivity index (χ1v) is 10.3. The zero-order valence-electron chi connectivity index (χ0n) is 17.5. The van der Waals surface area contributed by atoms with E-state index in [0.717, 1.165) is 37.6 Å². The van der Waals surface area contributed by atoms with Gasteiger partial charge in [0.25, 0.3) is 0 Å². The average Bonchev–Trinajstić information content (AvgIpc) is 3.40. The number of aromatic nitrogens is 6. The Bertz CT molecular complexity index is 1540. The topological polar surface area (TPSA) is 96.4 Å². The minimum absolute atomic E-state index is 0.0191. The van der Waals surface area contributed by atoms with Crippen LogP contribution in [0, 0.1) is 11.6 Å². The molecule has 0 radical (unpaired) electrons. The number of halogens is 2. The summed E-state index contributed by atoms with van der Waals surface area (Å²) in [4.78, 5) is 14.6. The number of hydrogen-bond acceptors (Lipinski definition) is 7. The van der Waals surface area contributed by atoms with E-state index < -0.39 is 11.6 Å². The lowest BCUT2D eigenvalue weighted by atomic mass is 10.1. The summed E-state index contributed by atoms with van der Waals surface area (Å²) >= 11 is 0. The third-order valence-electron chi connectivity index (χ3n) is 5.77. The fourth-order valence-electron chi connectivity index (χ4n) is 4.20. The molecule has 0 saturated heterocycles. The van der Waals surface area contributed by atoms with Gasteiger partial charge in [-0.15, -0.1) is 0 Å². The van der Waals surface area contributed by atoms with E-state index in [2.05, 4.69) is 30.3 Å². The van der Waals surface area contributed by atoms with Crippen molar-refractivity contribution in [2.24, 2.45) is 0 Å². The molecule has 5 aromatic rings. The zero-order chi connectivity index (χ0) is 22.7. The Kier molecular flexibility index (Phi) is 4.27. The molecule has 33 heavy (non-hydrogen) atoms. The molecular weight excluding hydrogens is 430 g/mol. The van der Waals surface area contributed by atoms with Crippen LogP contribution in [-0.4, -0.2) is 52.7 Å². The second-order valence-corrected chi connectivity index (χ2v) is 8.03. The van der Waals surface area contributed by atoms with Crippen LogP contribution >= 0.6 is 0 Å². The number of anilines is 2. The van der Waals surface area contributed by atoms with E-state index in [1.54, 1.807) is 16.7 Å². The van der Waals surface area contributed by atoms with Crippen LogP contribution in [0.4, 0.5) is 20.5 Å². The summed E-state index contributed by atoms with van der Waals surface area (Å²) in [6.07, 6.45) is 4.21. The lowest BCUT2D eigenvalue weighted by Crippen LogP contribution is -2.30. The van der Waals surface area contributed by atoms with Gasteiger partial charge in [-0.1, -0.05) is 0 Å². The van der Waals surface area contributed by atoms with E-state index in [-0.39, 0.29) is 28.3 Å². The Balaban J connectivity index is 1.42. The molecule has 11 heteroatoms. The van der Waals surface area contributed by atoms with Crippen LogP contribution in [0.15, 0.2) is 42.9 Å². The lowest BCUT2D eigenvalue weighted by Gasteiger charge is -2.22. The quantitative estimate of drug-likeness (QED) is 0.437. The predicted molar refractivity (Wildman–Crippen MR) is 117 cm³/mol. The molecule has 0 atom stereocenters. The minimum Gasteiger partial charge on any atom is -0.507 e. The number of hydrogen-bond donors (Lipinski definition) is 2. The van der Waals surface area contributed by atoms with Crippen LogP contribution in [0.3, 0.4) is 0 Å². The maximum atomic E-state index is 15.0. The van der Waals surface area contributed by atoms with Crippen LogP contribution < -0.4 is 5.32 Å². The molecule has 6 rings (SSSR count). The minimum atomic E-state index is -0.702. The number of benzene rings is 1. The van der Waals surface area contributed by atoms with Crippen LogP contribution in [0.1, 0.15) is 5.69 Å². The van der Waals surface area contributed by atoms with Gasteiger partial charge in [-0.05, 0) is 19.2 Å². The van der Waals surface area contributed by atoms with Gasteiger partial charge in [-0.3, -0.25) is 14.0 Å². The largest absolute Gasteiger partial charge is 0.507 e. The fraction of sp³-hybridized carbons (Fsp3) is 0.182. The highest BCUT2D eigenvalue weighted by atomic mass is 19.1. The standard InChI is InChI=1S/C22H18F2N8O/c1-30-4-5-32-13(11-30)8-18(29-32)27-22-26-10-15(24)21(28-22)12-6-14(23)20-16(7-12)31-3-2-25-19(31)9-17(20)33/h2-3,6-10,33H,4-5,11H2,1H3,(H,26,27,28,29). The smallest absolute Gasteiger partial charge is 0.229 e. The molecule has 9 nitrogen and oxygen atoms in total. The van der Waals surface area contributed by atoms with Crippen molar-refractivity contribution in [2.45, 2.75) is 13.1 Å². The first-order valence-electron chi connectivity index (χ1n) is 10.3. The average molecular weight is 448 g/mol. The van der Waals surface area contributed by atoms with Gasteiger partial charge in [0.05, 0.1) is 29.3 Å². The van der Waals surface area contributed by atoms with Crippen LogP contribution in [0.25, 0.3) is 27.8 Å². The van der Waals surface area contributed by atoms with Gasteiger partial charge in [0.15, 0.2) is 11.6 Å². The van der Waals surface area contributed by atoms with Gasteiger partial charge in [-0.2, -0.15) is 5.10 Å². The third kappa shape index (κ3) is 3.24. The van der Waals surface area contributed by atoms with Gasteiger partial charge in [0.1, 0.15) is 22.9 Å². The van der Waals surface area contributed by atoms with E-state index in [1.807, 2.05) is 17.8 Å². The Morgan fingerprint density at radius 3 is 2.82 bits per heavy atom. The van der Waals surface area contributed by atoms with E-state index in [0.29, 0.717) is 17.0 Å². The Hall–Kier alpha value is -4.12. The van der Waals surface area contributed by atoms with Gasteiger partial charge < -0.3 is 10.4 Å². The number of rotatable bonds is 3. The summed E-state index contributed by atoms with van der Waals surface area (Å²) in [6, 6.07) is 5.98. The van der Waals surface area contributed by atoms with Gasteiger partial charge in [0.2, 0.25) is 5.95 Å². The zero-order valence-corrected chi connectivity index (χ0v) is 17.5. The molecule has 1 aromatic carbocycles. The molecular formula is C22H18F2N8O. The molecule has 0 amide bonds. The number of nitrogens with zero attached hydrogens (tertiary/aromatic N) is 7. The fourth-order valence-corrected chi connectivity index (χ4v) is 4.20. The lowest BCUT2D eigenvalue weighted by molar-refractivity contribution is 0.259. The number of imidazole rings is 1. The van der Waals surface area contributed by atoms with Gasteiger partial charge in [-0.25, -0.2) is 23.7 Å². The Morgan fingerprint density at radius 1 is 1.06 bits per heavy atom. The first kappa shape index (κ1) is 19.6. The van der Waals surface area contributed by atoms with E-state index in [1.165, 1.54) is 12.3 Å². The van der Waals surface area contributed by atoms with Crippen molar-refractivity contribution in [1.82, 2.24) is 34.0 Å². The van der Waals surface area contributed by atoms with Gasteiger partial charge in [0, 0.05) is 43.2 Å². The maximum Gasteiger partial charge on any atom is 0.229 e. The normalized spacial score (nSPS) is 14.2. The maximum absolute atomic E-state index is 15.0. The van der Waals surface area contributed by atoms with Crippen molar-refractivity contribution in [3.8, 4) is 17.0 Å². The van der Waals surface area contributed by atoms with Crippen LogP contribution in [0.2, 0.25) is 0 Å². The molecule has 1 aliphatic rings. The number of likely N-dealkylation sites (N-methyl/N-ethyl adjacent to an activating group) is 1. The van der Waals surface area contributed by atoms with Crippen molar-refractivity contribution in [1.29, 1.82) is 0 Å².